The number of aryl methyl sites for hydroxylation is 1. The Hall–Kier alpha value is -3.75. The summed E-state index contributed by atoms with van der Waals surface area (Å²) < 4.78 is 39.5. The molecule has 4 aromatic rings. The van der Waals surface area contributed by atoms with Crippen molar-refractivity contribution in [3.8, 4) is 0 Å². The van der Waals surface area contributed by atoms with Crippen molar-refractivity contribution in [2.45, 2.75) is 37.9 Å². The van der Waals surface area contributed by atoms with Crippen LogP contribution in [0.15, 0.2) is 48.8 Å². The van der Waals surface area contributed by atoms with Gasteiger partial charge in [0.1, 0.15) is 11.5 Å². The van der Waals surface area contributed by atoms with Crippen molar-refractivity contribution in [3.05, 3.63) is 71.3 Å². The van der Waals surface area contributed by atoms with Crippen molar-refractivity contribution >= 4 is 33.4 Å². The fourth-order valence-electron chi connectivity index (χ4n) is 5.03. The van der Waals surface area contributed by atoms with Crippen molar-refractivity contribution in [1.29, 1.82) is 0 Å². The van der Waals surface area contributed by atoms with Gasteiger partial charge in [0.2, 0.25) is 0 Å². The van der Waals surface area contributed by atoms with E-state index in [9.17, 15) is 18.0 Å². The van der Waals surface area contributed by atoms with Crippen molar-refractivity contribution in [2.24, 2.45) is 5.92 Å². The number of amides is 1. The number of carbonyl (C=O) groups excluding carboxylic acids is 1. The fourth-order valence-corrected chi connectivity index (χ4v) is 5.03. The Labute approximate surface area is 199 Å². The average molecular weight is 477 g/mol. The van der Waals surface area contributed by atoms with E-state index in [1.165, 1.54) is 6.07 Å². The van der Waals surface area contributed by atoms with Gasteiger partial charge in [-0.05, 0) is 67.5 Å². The van der Waals surface area contributed by atoms with Crippen LogP contribution in [0.25, 0.3) is 21.7 Å². The molecule has 9 heteroatoms. The number of halogens is 3. The summed E-state index contributed by atoms with van der Waals surface area (Å²) in [5.41, 5.74) is 7.52. The van der Waals surface area contributed by atoms with E-state index in [2.05, 4.69) is 15.0 Å². The number of nitrogens with zero attached hydrogens (tertiary/aromatic N) is 4. The number of anilines is 1. The fraction of sp³-hybridized carbons (Fsp3) is 0.308. The molecule has 0 aliphatic heterocycles. The molecule has 3 aromatic heterocycles. The molecule has 0 bridgehead atoms. The molecule has 1 saturated carbocycles. The first-order valence-electron chi connectivity index (χ1n) is 11.6. The molecule has 0 saturated heterocycles. The van der Waals surface area contributed by atoms with Crippen LogP contribution in [0.2, 0.25) is 0 Å². The molecule has 6 nitrogen and oxygen atoms in total. The Balaban J connectivity index is 1.40. The van der Waals surface area contributed by atoms with Gasteiger partial charge in [-0.3, -0.25) is 9.78 Å². The summed E-state index contributed by atoms with van der Waals surface area (Å²) in [6.07, 6.45) is 1.93. The summed E-state index contributed by atoms with van der Waals surface area (Å²) >= 11 is 0. The van der Waals surface area contributed by atoms with Crippen LogP contribution in [0.4, 0.5) is 19.0 Å². The van der Waals surface area contributed by atoms with Crippen molar-refractivity contribution in [1.82, 2.24) is 19.9 Å². The number of nitrogen functional groups attached to an aromatic ring is 1. The van der Waals surface area contributed by atoms with Gasteiger partial charge in [0.15, 0.2) is 0 Å². The lowest BCUT2D eigenvalue weighted by Gasteiger charge is -2.30. The van der Waals surface area contributed by atoms with E-state index < -0.39 is 11.9 Å². The highest BCUT2D eigenvalue weighted by atomic mass is 19.4. The maximum atomic E-state index is 13.8. The smallest absolute Gasteiger partial charge is 0.383 e. The van der Waals surface area contributed by atoms with Gasteiger partial charge in [-0.25, -0.2) is 9.97 Å². The van der Waals surface area contributed by atoms with E-state index in [4.69, 9.17) is 5.73 Å². The van der Waals surface area contributed by atoms with Gasteiger partial charge in [0.25, 0.3) is 5.91 Å². The van der Waals surface area contributed by atoms with Crippen LogP contribution in [-0.2, 0) is 12.6 Å². The third kappa shape index (κ3) is 3.84. The zero-order valence-corrected chi connectivity index (χ0v) is 18.7. The molecule has 35 heavy (non-hydrogen) atoms. The van der Waals surface area contributed by atoms with Crippen LogP contribution in [0.5, 0.6) is 0 Å². The summed E-state index contributed by atoms with van der Waals surface area (Å²) in [6, 6.07) is 9.33. The lowest BCUT2D eigenvalue weighted by Crippen LogP contribution is -2.35. The minimum absolute atomic E-state index is 0.148. The largest absolute Gasteiger partial charge is 0.433 e. The SMILES string of the molecule is Nc1nc2ccc(C(=O)N(CC3CC3)C3CCc4nc(C(F)(F)F)ccc43)cc2c2cnccc12. The number of hydrogen-bond acceptors (Lipinski definition) is 5. The molecule has 0 radical (unpaired) electrons. The Morgan fingerprint density at radius 3 is 2.63 bits per heavy atom. The van der Waals surface area contributed by atoms with Crippen LogP contribution in [0, 0.1) is 5.92 Å². The highest BCUT2D eigenvalue weighted by Gasteiger charge is 2.39. The standard InChI is InChI=1S/C26H22F3N5O/c27-26(28,29)23-8-4-17-20(32-23)6-7-22(17)34(13-14-1-2-14)25(35)15-3-5-21-18(11-15)19-12-31-10-9-16(19)24(30)33-21/h3-5,8-12,14,22H,1-2,6-7,13H2,(H2,30,33). The quantitative estimate of drug-likeness (QED) is 0.402. The molecule has 0 spiro atoms. The van der Waals surface area contributed by atoms with Crippen molar-refractivity contribution in [3.63, 3.8) is 0 Å². The van der Waals surface area contributed by atoms with E-state index in [0.29, 0.717) is 53.5 Å². The third-order valence-corrected chi connectivity index (χ3v) is 6.97. The Morgan fingerprint density at radius 1 is 1.03 bits per heavy atom. The molecular formula is C26H22F3N5O. The second-order valence-electron chi connectivity index (χ2n) is 9.34. The number of alkyl halides is 3. The summed E-state index contributed by atoms with van der Waals surface area (Å²) in [4.78, 5) is 28.2. The molecule has 178 valence electrons. The molecular weight excluding hydrogens is 455 g/mol. The van der Waals surface area contributed by atoms with E-state index in [0.717, 1.165) is 35.1 Å². The number of pyridine rings is 3. The molecule has 1 unspecified atom stereocenters. The number of rotatable bonds is 4. The predicted molar refractivity (Wildman–Crippen MR) is 126 cm³/mol. The summed E-state index contributed by atoms with van der Waals surface area (Å²) in [6.45, 7) is 0.574. The first kappa shape index (κ1) is 21.8. The van der Waals surface area contributed by atoms with Crippen LogP contribution >= 0.6 is 0 Å². The van der Waals surface area contributed by atoms with Crippen LogP contribution in [0.1, 0.15) is 52.6 Å². The topological polar surface area (TPSA) is 85.0 Å². The number of nitrogens with two attached hydrogens (primary N) is 1. The lowest BCUT2D eigenvalue weighted by molar-refractivity contribution is -0.141. The maximum Gasteiger partial charge on any atom is 0.433 e. The van der Waals surface area contributed by atoms with Crippen LogP contribution in [-0.4, -0.2) is 32.3 Å². The maximum absolute atomic E-state index is 13.8. The highest BCUT2D eigenvalue weighted by molar-refractivity contribution is 6.11. The first-order chi connectivity index (χ1) is 16.8. The molecule has 1 amide bonds. The normalized spacial score (nSPS) is 17.6. The van der Waals surface area contributed by atoms with Gasteiger partial charge in [0, 0.05) is 46.4 Å². The molecule has 2 N–H and O–H groups in total. The minimum Gasteiger partial charge on any atom is -0.383 e. The number of fused-ring (bicyclic) bond motifs is 4. The van der Waals surface area contributed by atoms with Gasteiger partial charge >= 0.3 is 6.18 Å². The zero-order valence-electron chi connectivity index (χ0n) is 18.7. The number of carbonyl (C=O) groups is 1. The molecule has 1 atom stereocenters. The van der Waals surface area contributed by atoms with Crippen LogP contribution in [0.3, 0.4) is 0 Å². The van der Waals surface area contributed by atoms with Gasteiger partial charge < -0.3 is 10.6 Å². The Kier molecular flexibility index (Phi) is 4.91. The second kappa shape index (κ2) is 7.90. The van der Waals surface area contributed by atoms with E-state index in [1.807, 2.05) is 11.0 Å². The van der Waals surface area contributed by atoms with E-state index >= 15 is 0 Å². The van der Waals surface area contributed by atoms with Crippen molar-refractivity contribution in [2.75, 3.05) is 12.3 Å². The van der Waals surface area contributed by atoms with Gasteiger partial charge in [-0.2, -0.15) is 13.2 Å². The molecule has 2 aliphatic rings. The zero-order chi connectivity index (χ0) is 24.3. The monoisotopic (exact) mass is 477 g/mol. The number of hydrogen-bond donors (Lipinski definition) is 1. The second-order valence-corrected chi connectivity index (χ2v) is 9.34. The highest BCUT2D eigenvalue weighted by Crippen LogP contribution is 2.41. The van der Waals surface area contributed by atoms with E-state index in [-0.39, 0.29) is 11.9 Å². The summed E-state index contributed by atoms with van der Waals surface area (Å²) in [5.74, 6) is 0.667. The minimum atomic E-state index is -4.49. The van der Waals surface area contributed by atoms with E-state index in [1.54, 1.807) is 30.6 Å². The molecule has 3 heterocycles. The van der Waals surface area contributed by atoms with Gasteiger partial charge in [0.05, 0.1) is 11.6 Å². The van der Waals surface area contributed by atoms with Gasteiger partial charge in [-0.15, -0.1) is 0 Å². The Bertz CT molecular complexity index is 1480. The predicted octanol–water partition coefficient (Wildman–Crippen LogP) is 5.32. The number of aromatic nitrogens is 3. The number of benzene rings is 1. The van der Waals surface area contributed by atoms with Crippen molar-refractivity contribution < 1.29 is 18.0 Å². The molecule has 1 fully saturated rings. The molecule has 2 aliphatic carbocycles. The first-order valence-corrected chi connectivity index (χ1v) is 11.6. The summed E-state index contributed by atoms with van der Waals surface area (Å²) in [7, 11) is 0. The molecule has 6 rings (SSSR count). The van der Waals surface area contributed by atoms with Gasteiger partial charge in [-0.1, -0.05) is 6.07 Å². The lowest BCUT2D eigenvalue weighted by atomic mass is 10.0. The Morgan fingerprint density at radius 2 is 1.86 bits per heavy atom. The third-order valence-electron chi connectivity index (χ3n) is 6.97. The molecule has 1 aromatic carbocycles. The average Bonchev–Trinajstić information content (AvgIpc) is 3.58. The van der Waals surface area contributed by atoms with Crippen LogP contribution < -0.4 is 5.73 Å². The summed E-state index contributed by atoms with van der Waals surface area (Å²) in [5, 5.41) is 2.36.